The van der Waals surface area contributed by atoms with Crippen LogP contribution in [0.15, 0.2) is 0 Å². The van der Waals surface area contributed by atoms with Gasteiger partial charge in [-0.3, -0.25) is 4.79 Å². The Morgan fingerprint density at radius 2 is 1.86 bits per heavy atom. The SMILES string of the molecule is CC(C)CS(=O)(=O)CC(=O)N1[C@H](C(=O)O)C[C@@H]2CCCC[C@@H]21. The minimum atomic E-state index is -3.49. The summed E-state index contributed by atoms with van der Waals surface area (Å²) in [4.78, 5) is 25.3. The number of nitrogens with zero attached hydrogens (tertiary/aromatic N) is 1. The lowest BCUT2D eigenvalue weighted by Crippen LogP contribution is -2.48. The van der Waals surface area contributed by atoms with Gasteiger partial charge in [0, 0.05) is 6.04 Å². The van der Waals surface area contributed by atoms with E-state index in [1.54, 1.807) is 13.8 Å². The summed E-state index contributed by atoms with van der Waals surface area (Å²) in [6, 6.07) is -0.966. The molecule has 6 nitrogen and oxygen atoms in total. The summed E-state index contributed by atoms with van der Waals surface area (Å²) in [5.74, 6) is -2.02. The van der Waals surface area contributed by atoms with Crippen molar-refractivity contribution in [3.05, 3.63) is 0 Å². The molecule has 0 unspecified atom stereocenters. The fourth-order valence-corrected chi connectivity index (χ4v) is 5.53. The molecule has 1 aliphatic carbocycles. The number of aliphatic carboxylic acids is 1. The number of sulfone groups is 1. The summed E-state index contributed by atoms with van der Waals surface area (Å²) in [6.45, 7) is 3.57. The van der Waals surface area contributed by atoms with E-state index < -0.39 is 33.5 Å². The van der Waals surface area contributed by atoms with Crippen molar-refractivity contribution in [1.29, 1.82) is 0 Å². The van der Waals surface area contributed by atoms with Crippen LogP contribution in [0.25, 0.3) is 0 Å². The van der Waals surface area contributed by atoms with Gasteiger partial charge in [-0.25, -0.2) is 13.2 Å². The first-order valence-electron chi connectivity index (χ1n) is 7.95. The van der Waals surface area contributed by atoms with Crippen LogP contribution in [0.1, 0.15) is 46.0 Å². The molecule has 2 aliphatic rings. The lowest BCUT2D eigenvalue weighted by Gasteiger charge is -2.33. The van der Waals surface area contributed by atoms with E-state index in [1.165, 1.54) is 4.90 Å². The zero-order chi connectivity index (χ0) is 16.5. The molecule has 126 valence electrons. The standard InChI is InChI=1S/C15H25NO5S/c1-10(2)8-22(20,21)9-14(17)16-12-6-4-3-5-11(12)7-13(16)15(18)19/h10-13H,3-9H2,1-2H3,(H,18,19)/t11-,12-,13-/m0/s1. The Labute approximate surface area is 131 Å². The molecule has 7 heteroatoms. The largest absolute Gasteiger partial charge is 0.480 e. The van der Waals surface area contributed by atoms with Crippen molar-refractivity contribution in [3.63, 3.8) is 0 Å². The smallest absolute Gasteiger partial charge is 0.326 e. The maximum absolute atomic E-state index is 12.5. The molecule has 2 fully saturated rings. The fraction of sp³-hybridized carbons (Fsp3) is 0.867. The van der Waals surface area contributed by atoms with Crippen LogP contribution in [0.5, 0.6) is 0 Å². The molecular weight excluding hydrogens is 306 g/mol. The monoisotopic (exact) mass is 331 g/mol. The third-order valence-corrected chi connectivity index (χ3v) is 6.45. The van der Waals surface area contributed by atoms with Gasteiger partial charge >= 0.3 is 5.97 Å². The van der Waals surface area contributed by atoms with Crippen LogP contribution in [0, 0.1) is 11.8 Å². The summed E-state index contributed by atoms with van der Waals surface area (Å²) in [5, 5.41) is 9.38. The summed E-state index contributed by atoms with van der Waals surface area (Å²) in [7, 11) is -3.49. The average molecular weight is 331 g/mol. The summed E-state index contributed by atoms with van der Waals surface area (Å²) >= 11 is 0. The zero-order valence-electron chi connectivity index (χ0n) is 13.2. The number of carbonyl (C=O) groups excluding carboxylic acids is 1. The molecule has 1 aliphatic heterocycles. The lowest BCUT2D eigenvalue weighted by atomic mass is 9.85. The molecule has 1 amide bonds. The van der Waals surface area contributed by atoms with Crippen LogP contribution in [0.2, 0.25) is 0 Å². The van der Waals surface area contributed by atoms with Crippen LogP contribution >= 0.6 is 0 Å². The maximum atomic E-state index is 12.5. The number of carboxylic acids is 1. The third kappa shape index (κ3) is 3.80. The van der Waals surface area contributed by atoms with Crippen LogP contribution in [-0.2, 0) is 19.4 Å². The highest BCUT2D eigenvalue weighted by Gasteiger charge is 2.47. The van der Waals surface area contributed by atoms with Crippen LogP contribution < -0.4 is 0 Å². The minimum absolute atomic E-state index is 0.0432. The number of carbonyl (C=O) groups is 2. The van der Waals surface area contributed by atoms with Gasteiger partial charge in [0.05, 0.1) is 5.75 Å². The zero-order valence-corrected chi connectivity index (χ0v) is 14.0. The number of likely N-dealkylation sites (tertiary alicyclic amines) is 1. The molecule has 22 heavy (non-hydrogen) atoms. The van der Waals surface area contributed by atoms with Gasteiger partial charge in [-0.15, -0.1) is 0 Å². The Morgan fingerprint density at radius 3 is 2.45 bits per heavy atom. The fourth-order valence-electron chi connectivity index (χ4n) is 3.87. The van der Waals surface area contributed by atoms with Crippen molar-refractivity contribution in [3.8, 4) is 0 Å². The number of carboxylic acid groups (broad SMARTS) is 1. The summed E-state index contributed by atoms with van der Waals surface area (Å²) in [6.07, 6.45) is 4.19. The van der Waals surface area contributed by atoms with E-state index in [9.17, 15) is 23.1 Å². The van der Waals surface area contributed by atoms with Crippen LogP contribution in [0.4, 0.5) is 0 Å². The van der Waals surface area contributed by atoms with Gasteiger partial charge < -0.3 is 10.0 Å². The number of fused-ring (bicyclic) bond motifs is 1. The molecule has 1 heterocycles. The van der Waals surface area contributed by atoms with Crippen molar-refractivity contribution < 1.29 is 23.1 Å². The number of hydrogen-bond acceptors (Lipinski definition) is 4. The highest BCUT2D eigenvalue weighted by atomic mass is 32.2. The van der Waals surface area contributed by atoms with E-state index in [2.05, 4.69) is 0 Å². The predicted molar refractivity (Wildman–Crippen MR) is 82.1 cm³/mol. The Bertz CT molecular complexity index is 542. The molecule has 3 atom stereocenters. The molecule has 0 aromatic carbocycles. The average Bonchev–Trinajstić information content (AvgIpc) is 2.75. The maximum Gasteiger partial charge on any atom is 0.326 e. The second kappa shape index (κ2) is 6.56. The van der Waals surface area contributed by atoms with E-state index in [0.29, 0.717) is 6.42 Å². The van der Waals surface area contributed by atoms with E-state index in [1.807, 2.05) is 0 Å². The van der Waals surface area contributed by atoms with Crippen molar-refractivity contribution in [2.75, 3.05) is 11.5 Å². The molecule has 1 N–H and O–H groups in total. The Kier molecular flexibility index (Phi) is 5.14. The normalized spacial score (nSPS) is 28.7. The molecule has 0 aromatic rings. The van der Waals surface area contributed by atoms with Crippen LogP contribution in [-0.4, -0.2) is 53.9 Å². The summed E-state index contributed by atoms with van der Waals surface area (Å²) in [5.41, 5.74) is 0. The van der Waals surface area contributed by atoms with Gasteiger partial charge in [-0.2, -0.15) is 0 Å². The van der Waals surface area contributed by atoms with Gasteiger partial charge in [0.1, 0.15) is 11.8 Å². The van der Waals surface area contributed by atoms with Crippen molar-refractivity contribution >= 4 is 21.7 Å². The first-order chi connectivity index (χ1) is 10.2. The van der Waals surface area contributed by atoms with Crippen molar-refractivity contribution in [2.45, 2.75) is 58.0 Å². The van der Waals surface area contributed by atoms with Gasteiger partial charge in [-0.05, 0) is 31.1 Å². The molecule has 0 spiro atoms. The topological polar surface area (TPSA) is 91.8 Å². The van der Waals surface area contributed by atoms with Crippen molar-refractivity contribution in [2.24, 2.45) is 11.8 Å². The highest BCUT2D eigenvalue weighted by Crippen LogP contribution is 2.39. The van der Waals surface area contributed by atoms with Gasteiger partial charge in [0.25, 0.3) is 0 Å². The van der Waals surface area contributed by atoms with Gasteiger partial charge in [0.15, 0.2) is 9.84 Å². The van der Waals surface area contributed by atoms with E-state index in [-0.39, 0.29) is 23.6 Å². The molecule has 0 aromatic heterocycles. The first-order valence-corrected chi connectivity index (χ1v) is 9.78. The molecular formula is C15H25NO5S. The Hall–Kier alpha value is -1.11. The second-order valence-corrected chi connectivity index (χ2v) is 9.06. The number of rotatable bonds is 5. The van der Waals surface area contributed by atoms with Crippen LogP contribution in [0.3, 0.4) is 0 Å². The predicted octanol–water partition coefficient (Wildman–Crippen LogP) is 1.30. The Morgan fingerprint density at radius 1 is 1.23 bits per heavy atom. The Balaban J connectivity index is 2.16. The van der Waals surface area contributed by atoms with E-state index in [0.717, 1.165) is 25.7 Å². The molecule has 0 radical (unpaired) electrons. The molecule has 2 rings (SSSR count). The van der Waals surface area contributed by atoms with E-state index >= 15 is 0 Å². The second-order valence-electron chi connectivity index (χ2n) is 6.95. The molecule has 0 bridgehead atoms. The molecule has 1 saturated heterocycles. The number of amides is 1. The van der Waals surface area contributed by atoms with Crippen molar-refractivity contribution in [1.82, 2.24) is 4.90 Å². The number of hydrogen-bond donors (Lipinski definition) is 1. The first kappa shape index (κ1) is 17.2. The van der Waals surface area contributed by atoms with Gasteiger partial charge in [0.2, 0.25) is 5.91 Å². The van der Waals surface area contributed by atoms with Gasteiger partial charge in [-0.1, -0.05) is 26.7 Å². The third-order valence-electron chi connectivity index (χ3n) is 4.59. The molecule has 1 saturated carbocycles. The lowest BCUT2D eigenvalue weighted by molar-refractivity contribution is -0.148. The quantitative estimate of drug-likeness (QED) is 0.820. The van der Waals surface area contributed by atoms with E-state index in [4.69, 9.17) is 0 Å². The highest BCUT2D eigenvalue weighted by molar-refractivity contribution is 7.92. The minimum Gasteiger partial charge on any atom is -0.480 e. The summed E-state index contributed by atoms with van der Waals surface area (Å²) < 4.78 is 24.1.